The lowest BCUT2D eigenvalue weighted by atomic mass is 9.97. The summed E-state index contributed by atoms with van der Waals surface area (Å²) in [6, 6.07) is 12.0. The van der Waals surface area contributed by atoms with Crippen LogP contribution in [0.2, 0.25) is 0 Å². The predicted molar refractivity (Wildman–Crippen MR) is 122 cm³/mol. The van der Waals surface area contributed by atoms with E-state index in [1.54, 1.807) is 33.9 Å². The average molecular weight is 487 g/mol. The van der Waals surface area contributed by atoms with Gasteiger partial charge in [-0.1, -0.05) is 39.8 Å². The summed E-state index contributed by atoms with van der Waals surface area (Å²) in [7, 11) is 0. The highest BCUT2D eigenvalue weighted by Crippen LogP contribution is 2.35. The molecule has 5 rings (SSSR count). The number of thioether (sulfide) groups is 1. The highest BCUT2D eigenvalue weighted by atomic mass is 79.9. The van der Waals surface area contributed by atoms with Crippen LogP contribution >= 0.6 is 39.0 Å². The second-order valence-electron chi connectivity index (χ2n) is 7.17. The zero-order valence-corrected chi connectivity index (χ0v) is 18.9. The normalized spacial score (nSPS) is 13.7. The number of halogens is 1. The number of hydrogen-bond acceptors (Lipinski definition) is 5. The van der Waals surface area contributed by atoms with Crippen molar-refractivity contribution in [3.8, 4) is 0 Å². The zero-order valence-electron chi connectivity index (χ0n) is 15.7. The van der Waals surface area contributed by atoms with Crippen LogP contribution in [0.25, 0.3) is 10.2 Å². The molecule has 0 aliphatic heterocycles. The minimum absolute atomic E-state index is 0.0579. The van der Waals surface area contributed by atoms with Crippen LogP contribution in [0.1, 0.15) is 34.6 Å². The fourth-order valence-corrected chi connectivity index (χ4v) is 6.49. The maximum Gasteiger partial charge on any atom is 0.263 e. The van der Waals surface area contributed by atoms with Gasteiger partial charge in [-0.05, 0) is 61.1 Å². The third kappa shape index (κ3) is 3.83. The minimum atomic E-state index is 0.0579. The maximum atomic E-state index is 13.5. The Bertz CT molecular complexity index is 1230. The molecule has 0 atom stereocenters. The van der Waals surface area contributed by atoms with Gasteiger partial charge < -0.3 is 4.42 Å². The van der Waals surface area contributed by atoms with E-state index in [0.717, 1.165) is 50.6 Å². The SMILES string of the molecule is O=c1c2c3c(sc2nc(SCc2cccc(Br)c2)n1Cc1ccco1)CCCC3. The van der Waals surface area contributed by atoms with Crippen molar-refractivity contribution in [1.29, 1.82) is 0 Å². The first-order valence-corrected chi connectivity index (χ1v) is 12.2. The van der Waals surface area contributed by atoms with Crippen molar-refractivity contribution in [1.82, 2.24) is 9.55 Å². The minimum Gasteiger partial charge on any atom is -0.467 e. The first kappa shape index (κ1) is 19.2. The monoisotopic (exact) mass is 486 g/mol. The Morgan fingerprint density at radius 1 is 1.21 bits per heavy atom. The molecule has 0 amide bonds. The number of aromatic nitrogens is 2. The Morgan fingerprint density at radius 3 is 2.93 bits per heavy atom. The van der Waals surface area contributed by atoms with E-state index < -0.39 is 0 Å². The van der Waals surface area contributed by atoms with Crippen molar-refractivity contribution < 1.29 is 4.42 Å². The Labute approximate surface area is 185 Å². The van der Waals surface area contributed by atoms with Crippen molar-refractivity contribution in [3.63, 3.8) is 0 Å². The molecule has 0 unspecified atom stereocenters. The van der Waals surface area contributed by atoms with E-state index in [-0.39, 0.29) is 5.56 Å². The predicted octanol–water partition coefficient (Wildman–Crippen LogP) is 6.03. The number of nitrogens with zero attached hydrogens (tertiary/aromatic N) is 2. The molecule has 1 aromatic carbocycles. The molecule has 4 aromatic rings. The molecule has 0 fully saturated rings. The zero-order chi connectivity index (χ0) is 19.8. The Balaban J connectivity index is 1.59. The molecule has 7 heteroatoms. The van der Waals surface area contributed by atoms with E-state index in [4.69, 9.17) is 9.40 Å². The fourth-order valence-electron chi connectivity index (χ4n) is 3.80. The fraction of sp³-hybridized carbons (Fsp3) is 0.273. The van der Waals surface area contributed by atoms with Crippen molar-refractivity contribution in [3.05, 3.63) is 79.3 Å². The van der Waals surface area contributed by atoms with Crippen molar-refractivity contribution >= 4 is 49.2 Å². The second-order valence-corrected chi connectivity index (χ2v) is 10.1. The summed E-state index contributed by atoms with van der Waals surface area (Å²) >= 11 is 6.83. The third-order valence-electron chi connectivity index (χ3n) is 5.19. The van der Waals surface area contributed by atoms with Crippen LogP contribution in [-0.2, 0) is 25.1 Å². The largest absolute Gasteiger partial charge is 0.467 e. The first-order valence-electron chi connectivity index (χ1n) is 9.64. The summed E-state index contributed by atoms with van der Waals surface area (Å²) in [6.45, 7) is 0.403. The van der Waals surface area contributed by atoms with Gasteiger partial charge in [-0.15, -0.1) is 11.3 Å². The van der Waals surface area contributed by atoms with Crippen LogP contribution < -0.4 is 5.56 Å². The number of furan rings is 1. The molecule has 3 aromatic heterocycles. The molecular weight excluding hydrogens is 468 g/mol. The number of hydrogen-bond donors (Lipinski definition) is 0. The van der Waals surface area contributed by atoms with Gasteiger partial charge in [0.15, 0.2) is 5.16 Å². The molecule has 0 spiro atoms. The van der Waals surface area contributed by atoms with E-state index in [1.807, 2.05) is 24.3 Å². The van der Waals surface area contributed by atoms with Gasteiger partial charge in [-0.25, -0.2) is 4.98 Å². The van der Waals surface area contributed by atoms with Crippen LogP contribution in [0.15, 0.2) is 61.5 Å². The van der Waals surface area contributed by atoms with Gasteiger partial charge in [-0.3, -0.25) is 9.36 Å². The summed E-state index contributed by atoms with van der Waals surface area (Å²) in [5.41, 5.74) is 2.47. The van der Waals surface area contributed by atoms with Gasteiger partial charge in [0.25, 0.3) is 5.56 Å². The van der Waals surface area contributed by atoms with E-state index >= 15 is 0 Å². The Kier molecular flexibility index (Phi) is 5.37. The van der Waals surface area contributed by atoms with Crippen LogP contribution in [-0.4, -0.2) is 9.55 Å². The molecule has 0 bridgehead atoms. The average Bonchev–Trinajstić information content (AvgIpc) is 3.36. The second kappa shape index (κ2) is 8.13. The van der Waals surface area contributed by atoms with Crippen molar-refractivity contribution in [2.24, 2.45) is 0 Å². The number of aryl methyl sites for hydroxylation is 2. The Morgan fingerprint density at radius 2 is 2.10 bits per heavy atom. The van der Waals surface area contributed by atoms with Crippen molar-refractivity contribution in [2.75, 3.05) is 0 Å². The summed E-state index contributed by atoms with van der Waals surface area (Å²) in [6.07, 6.45) is 6.04. The number of fused-ring (bicyclic) bond motifs is 3. The van der Waals surface area contributed by atoms with E-state index in [2.05, 4.69) is 28.1 Å². The number of thiophene rings is 1. The molecule has 0 saturated heterocycles. The Hall–Kier alpha value is -1.83. The summed E-state index contributed by atoms with van der Waals surface area (Å²) in [5, 5.41) is 1.57. The standard InChI is InChI=1S/C22H19BrN2O2S2/c23-15-6-3-5-14(11-15)13-28-22-24-20-19(17-8-1-2-9-18(17)29-20)21(26)25(22)12-16-7-4-10-27-16/h3-7,10-11H,1-2,8-9,12-13H2. The lowest BCUT2D eigenvalue weighted by Gasteiger charge is -2.13. The lowest BCUT2D eigenvalue weighted by Crippen LogP contribution is -2.24. The van der Waals surface area contributed by atoms with Gasteiger partial charge >= 0.3 is 0 Å². The highest BCUT2D eigenvalue weighted by molar-refractivity contribution is 9.10. The summed E-state index contributed by atoms with van der Waals surface area (Å²) < 4.78 is 8.37. The van der Waals surface area contributed by atoms with E-state index in [0.29, 0.717) is 6.54 Å². The van der Waals surface area contributed by atoms with Gasteiger partial charge in [0.2, 0.25) is 0 Å². The van der Waals surface area contributed by atoms with E-state index in [1.165, 1.54) is 22.4 Å². The van der Waals surface area contributed by atoms with Crippen LogP contribution in [0.4, 0.5) is 0 Å². The lowest BCUT2D eigenvalue weighted by molar-refractivity contribution is 0.476. The van der Waals surface area contributed by atoms with Crippen LogP contribution in [0.3, 0.4) is 0 Å². The molecule has 0 radical (unpaired) electrons. The summed E-state index contributed by atoms with van der Waals surface area (Å²) in [4.78, 5) is 20.7. The molecule has 4 nitrogen and oxygen atoms in total. The van der Waals surface area contributed by atoms with Crippen LogP contribution in [0.5, 0.6) is 0 Å². The molecule has 148 valence electrons. The highest BCUT2D eigenvalue weighted by Gasteiger charge is 2.22. The number of rotatable bonds is 5. The molecule has 0 N–H and O–H groups in total. The van der Waals surface area contributed by atoms with Crippen molar-refractivity contribution in [2.45, 2.75) is 43.1 Å². The first-order chi connectivity index (χ1) is 14.2. The van der Waals surface area contributed by atoms with Gasteiger partial charge in [0.05, 0.1) is 18.2 Å². The van der Waals surface area contributed by atoms with Gasteiger partial charge in [-0.2, -0.15) is 0 Å². The molecular formula is C22H19BrN2O2S2. The topological polar surface area (TPSA) is 48.0 Å². The van der Waals surface area contributed by atoms with Crippen LogP contribution in [0, 0.1) is 0 Å². The molecule has 1 aliphatic carbocycles. The smallest absolute Gasteiger partial charge is 0.263 e. The molecule has 1 aliphatic rings. The molecule has 29 heavy (non-hydrogen) atoms. The van der Waals surface area contributed by atoms with E-state index in [9.17, 15) is 4.79 Å². The summed E-state index contributed by atoms with van der Waals surface area (Å²) in [5.74, 6) is 1.52. The third-order valence-corrected chi connectivity index (χ3v) is 7.92. The molecule has 0 saturated carbocycles. The maximum absolute atomic E-state index is 13.5. The van der Waals surface area contributed by atoms with Gasteiger partial charge in [0, 0.05) is 15.1 Å². The molecule has 3 heterocycles. The quantitative estimate of drug-likeness (QED) is 0.255. The van der Waals surface area contributed by atoms with Gasteiger partial charge in [0.1, 0.15) is 10.6 Å². The number of benzene rings is 1.